The summed E-state index contributed by atoms with van der Waals surface area (Å²) in [4.78, 5) is 21.4. The second-order valence-electron chi connectivity index (χ2n) is 6.36. The van der Waals surface area contributed by atoms with E-state index in [-0.39, 0.29) is 18.1 Å². The van der Waals surface area contributed by atoms with Crippen molar-refractivity contribution >= 4 is 17.3 Å². The molecule has 0 amide bonds. The molecule has 2 aromatic heterocycles. The van der Waals surface area contributed by atoms with Gasteiger partial charge in [0.1, 0.15) is 5.82 Å². The lowest BCUT2D eigenvalue weighted by Crippen LogP contribution is -2.40. The van der Waals surface area contributed by atoms with Crippen molar-refractivity contribution in [1.29, 1.82) is 0 Å². The number of aliphatic hydroxyl groups excluding tert-OH is 1. The molecule has 138 valence electrons. The Bertz CT molecular complexity index is 736. The van der Waals surface area contributed by atoms with Crippen LogP contribution in [0.2, 0.25) is 0 Å². The summed E-state index contributed by atoms with van der Waals surface area (Å²) in [6.45, 7) is 1.55. The first-order valence-electron chi connectivity index (χ1n) is 8.84. The first-order chi connectivity index (χ1) is 12.7. The molecule has 3 heterocycles. The quantitative estimate of drug-likeness (QED) is 0.580. The Kier molecular flexibility index (Phi) is 5.96. The molecule has 1 aliphatic rings. The summed E-state index contributed by atoms with van der Waals surface area (Å²) in [6.07, 6.45) is 7.46. The largest absolute Gasteiger partial charge is 0.396 e. The molecule has 0 aliphatic carbocycles. The highest BCUT2D eigenvalue weighted by molar-refractivity contribution is 5.55. The van der Waals surface area contributed by atoms with Gasteiger partial charge in [-0.1, -0.05) is 6.07 Å². The molecule has 0 unspecified atom stereocenters. The summed E-state index contributed by atoms with van der Waals surface area (Å²) in [6, 6.07) is 7.24. The average molecular weight is 357 g/mol. The highest BCUT2D eigenvalue weighted by atomic mass is 16.6. The third kappa shape index (κ3) is 4.26. The minimum atomic E-state index is -0.450. The van der Waals surface area contributed by atoms with E-state index >= 15 is 0 Å². The van der Waals surface area contributed by atoms with E-state index < -0.39 is 4.92 Å². The Morgan fingerprint density at radius 1 is 1.31 bits per heavy atom. The average Bonchev–Trinajstić information content (AvgIpc) is 2.68. The van der Waals surface area contributed by atoms with Gasteiger partial charge >= 0.3 is 5.69 Å². The molecule has 1 atom stereocenters. The molecule has 0 spiro atoms. The first-order valence-corrected chi connectivity index (χ1v) is 8.84. The first kappa shape index (κ1) is 18.1. The highest BCUT2D eigenvalue weighted by Gasteiger charge is 2.23. The van der Waals surface area contributed by atoms with Crippen LogP contribution in [0.1, 0.15) is 31.2 Å². The van der Waals surface area contributed by atoms with Crippen molar-refractivity contribution in [2.75, 3.05) is 23.4 Å². The van der Waals surface area contributed by atoms with E-state index in [0.29, 0.717) is 12.6 Å². The summed E-state index contributed by atoms with van der Waals surface area (Å²) in [7, 11) is 0. The molecule has 0 radical (unpaired) electrons. The lowest BCUT2D eigenvalue weighted by molar-refractivity contribution is -0.384. The van der Waals surface area contributed by atoms with Gasteiger partial charge in [0.05, 0.1) is 4.92 Å². The van der Waals surface area contributed by atoms with Gasteiger partial charge in [-0.05, 0) is 43.4 Å². The number of piperidine rings is 1. The number of nitrogens with zero attached hydrogens (tertiary/aromatic N) is 4. The van der Waals surface area contributed by atoms with E-state index in [4.69, 9.17) is 0 Å². The zero-order chi connectivity index (χ0) is 18.4. The van der Waals surface area contributed by atoms with Crippen LogP contribution in [0.3, 0.4) is 0 Å². The number of hydrogen-bond acceptors (Lipinski definition) is 7. The van der Waals surface area contributed by atoms with Crippen LogP contribution in [0.4, 0.5) is 17.3 Å². The smallest absolute Gasteiger partial charge is 0.311 e. The molecule has 8 heteroatoms. The maximum atomic E-state index is 11.0. The molecule has 2 aromatic rings. The monoisotopic (exact) mass is 357 g/mol. The number of nitrogens with one attached hydrogen (secondary N) is 1. The maximum Gasteiger partial charge on any atom is 0.311 e. The zero-order valence-corrected chi connectivity index (χ0v) is 14.5. The molecular weight excluding hydrogens is 334 g/mol. The Balaban J connectivity index is 1.65. The zero-order valence-electron chi connectivity index (χ0n) is 14.5. The second-order valence-corrected chi connectivity index (χ2v) is 6.36. The van der Waals surface area contributed by atoms with Crippen molar-refractivity contribution < 1.29 is 10.0 Å². The van der Waals surface area contributed by atoms with Crippen molar-refractivity contribution in [3.63, 3.8) is 0 Å². The second kappa shape index (κ2) is 8.57. The summed E-state index contributed by atoms with van der Waals surface area (Å²) in [5, 5.41) is 23.3. The third-order valence-electron chi connectivity index (χ3n) is 4.64. The van der Waals surface area contributed by atoms with Gasteiger partial charge in [-0.3, -0.25) is 10.1 Å². The van der Waals surface area contributed by atoms with Crippen molar-refractivity contribution in [3.8, 4) is 0 Å². The van der Waals surface area contributed by atoms with Crippen LogP contribution in [0, 0.1) is 10.1 Å². The van der Waals surface area contributed by atoms with E-state index in [1.54, 1.807) is 12.3 Å². The fourth-order valence-corrected chi connectivity index (χ4v) is 3.31. The number of aliphatic hydroxyl groups is 1. The molecule has 0 bridgehead atoms. The normalized spacial score (nSPS) is 17.1. The lowest BCUT2D eigenvalue weighted by Gasteiger charge is -2.36. The minimum Gasteiger partial charge on any atom is -0.396 e. The Hall–Kier alpha value is -2.74. The summed E-state index contributed by atoms with van der Waals surface area (Å²) in [5.74, 6) is 1.16. The predicted octanol–water partition coefficient (Wildman–Crippen LogP) is 2.74. The Morgan fingerprint density at radius 2 is 2.19 bits per heavy atom. The van der Waals surface area contributed by atoms with Crippen LogP contribution >= 0.6 is 0 Å². The van der Waals surface area contributed by atoms with E-state index in [9.17, 15) is 15.2 Å². The van der Waals surface area contributed by atoms with Crippen LogP contribution < -0.4 is 10.2 Å². The SMILES string of the molecule is O=[N+]([O-])c1cccnc1NCc1ccc(N2CCCC[C@H]2CCO)nc1. The van der Waals surface area contributed by atoms with Crippen LogP contribution in [0.5, 0.6) is 0 Å². The number of rotatable bonds is 7. The van der Waals surface area contributed by atoms with Gasteiger partial charge in [0.25, 0.3) is 0 Å². The highest BCUT2D eigenvalue weighted by Crippen LogP contribution is 2.25. The van der Waals surface area contributed by atoms with Crippen molar-refractivity contribution in [2.45, 2.75) is 38.3 Å². The Labute approximate surface area is 152 Å². The van der Waals surface area contributed by atoms with Crippen LogP contribution in [0.25, 0.3) is 0 Å². The lowest BCUT2D eigenvalue weighted by atomic mass is 9.99. The van der Waals surface area contributed by atoms with Crippen LogP contribution in [-0.2, 0) is 6.54 Å². The maximum absolute atomic E-state index is 11.0. The molecule has 2 N–H and O–H groups in total. The van der Waals surface area contributed by atoms with E-state index in [0.717, 1.165) is 37.2 Å². The van der Waals surface area contributed by atoms with Gasteiger partial charge < -0.3 is 15.3 Å². The number of pyridine rings is 2. The number of anilines is 2. The summed E-state index contributed by atoms with van der Waals surface area (Å²) >= 11 is 0. The van der Waals surface area contributed by atoms with Gasteiger partial charge in [0.2, 0.25) is 5.82 Å². The van der Waals surface area contributed by atoms with Crippen LogP contribution in [0.15, 0.2) is 36.7 Å². The van der Waals surface area contributed by atoms with Crippen molar-refractivity contribution in [3.05, 3.63) is 52.3 Å². The van der Waals surface area contributed by atoms with Gasteiger partial charge in [0.15, 0.2) is 0 Å². The molecule has 1 saturated heterocycles. The number of aromatic nitrogens is 2. The van der Waals surface area contributed by atoms with Gasteiger partial charge in [0, 0.05) is 44.2 Å². The molecule has 1 fully saturated rings. The molecule has 8 nitrogen and oxygen atoms in total. The molecule has 1 aliphatic heterocycles. The van der Waals surface area contributed by atoms with Gasteiger partial charge in [-0.15, -0.1) is 0 Å². The number of nitro groups is 1. The molecule has 0 saturated carbocycles. The van der Waals surface area contributed by atoms with E-state index in [2.05, 4.69) is 20.2 Å². The van der Waals surface area contributed by atoms with Crippen molar-refractivity contribution in [1.82, 2.24) is 9.97 Å². The van der Waals surface area contributed by atoms with Crippen LogP contribution in [-0.4, -0.2) is 39.2 Å². The van der Waals surface area contributed by atoms with Gasteiger partial charge in [-0.25, -0.2) is 9.97 Å². The van der Waals surface area contributed by atoms with E-state index in [1.807, 2.05) is 12.1 Å². The van der Waals surface area contributed by atoms with Gasteiger partial charge in [-0.2, -0.15) is 0 Å². The Morgan fingerprint density at radius 3 is 2.92 bits per heavy atom. The fraction of sp³-hybridized carbons (Fsp3) is 0.444. The topological polar surface area (TPSA) is 104 Å². The van der Waals surface area contributed by atoms with Crippen molar-refractivity contribution in [2.24, 2.45) is 0 Å². The molecule has 0 aromatic carbocycles. The summed E-state index contributed by atoms with van der Waals surface area (Å²) in [5.41, 5.74) is 0.877. The minimum absolute atomic E-state index is 0.0442. The third-order valence-corrected chi connectivity index (χ3v) is 4.64. The standard InChI is InChI=1S/C18H23N5O3/c24-11-8-15-4-1-2-10-22(15)17-7-6-14(12-20-17)13-21-18-16(23(25)26)5-3-9-19-18/h3,5-7,9,12,15,24H,1-2,4,8,10-11,13H2,(H,19,21)/t15-/m0/s1. The molecule has 26 heavy (non-hydrogen) atoms. The fourth-order valence-electron chi connectivity index (χ4n) is 3.31. The molecule has 3 rings (SSSR count). The predicted molar refractivity (Wildman–Crippen MR) is 99.1 cm³/mol. The molecular formula is C18H23N5O3. The van der Waals surface area contributed by atoms with E-state index in [1.165, 1.54) is 18.7 Å². The number of hydrogen-bond donors (Lipinski definition) is 2. The summed E-state index contributed by atoms with van der Waals surface area (Å²) < 4.78 is 0.